The third-order valence-electron chi connectivity index (χ3n) is 2.66. The molecule has 0 spiro atoms. The average molecular weight is 190 g/mol. The molecule has 2 rings (SSSR count). The molecule has 1 aliphatic rings. The van der Waals surface area contributed by atoms with Gasteiger partial charge in [-0.2, -0.15) is 0 Å². The van der Waals surface area contributed by atoms with E-state index in [4.69, 9.17) is 0 Å². The number of fused-ring (bicyclic) bond motifs is 1. The second kappa shape index (κ2) is 4.47. The summed E-state index contributed by atoms with van der Waals surface area (Å²) in [5.74, 6) is 0. The van der Waals surface area contributed by atoms with Gasteiger partial charge in [-0.1, -0.05) is 25.1 Å². The molecule has 76 valence electrons. The zero-order valence-electron chi connectivity index (χ0n) is 8.72. The van der Waals surface area contributed by atoms with E-state index in [1.807, 2.05) is 0 Å². The first-order valence-corrected chi connectivity index (χ1v) is 5.45. The van der Waals surface area contributed by atoms with Crippen LogP contribution in [0.5, 0.6) is 0 Å². The molecule has 2 nitrogen and oxygen atoms in total. The fraction of sp³-hybridized carbons (Fsp3) is 0.500. The first kappa shape index (κ1) is 9.53. The number of anilines is 1. The largest absolute Gasteiger partial charge is 0.380 e. The molecular weight excluding hydrogens is 172 g/mol. The summed E-state index contributed by atoms with van der Waals surface area (Å²) in [7, 11) is 0. The molecule has 1 aromatic rings. The highest BCUT2D eigenvalue weighted by molar-refractivity contribution is 5.56. The molecule has 2 N–H and O–H groups in total. The lowest BCUT2D eigenvalue weighted by Crippen LogP contribution is -2.31. The van der Waals surface area contributed by atoms with E-state index in [0.717, 1.165) is 19.5 Å². The summed E-state index contributed by atoms with van der Waals surface area (Å²) in [6.07, 6.45) is 2.37. The summed E-state index contributed by atoms with van der Waals surface area (Å²) in [6.45, 7) is 4.39. The summed E-state index contributed by atoms with van der Waals surface area (Å²) >= 11 is 0. The molecule has 1 heterocycles. The van der Waals surface area contributed by atoms with Gasteiger partial charge in [-0.15, -0.1) is 0 Å². The highest BCUT2D eigenvalue weighted by Gasteiger charge is 2.18. The molecule has 0 saturated heterocycles. The maximum atomic E-state index is 3.53. The zero-order chi connectivity index (χ0) is 9.80. The molecule has 0 aliphatic carbocycles. The summed E-state index contributed by atoms with van der Waals surface area (Å²) in [5.41, 5.74) is 2.77. The van der Waals surface area contributed by atoms with Gasteiger partial charge in [-0.25, -0.2) is 0 Å². The van der Waals surface area contributed by atoms with Crippen molar-refractivity contribution in [3.63, 3.8) is 0 Å². The molecule has 0 aromatic heterocycles. The maximum absolute atomic E-state index is 3.53. The number of hydrogen-bond donors (Lipinski definition) is 2. The highest BCUT2D eigenvalue weighted by atomic mass is 15.0. The lowest BCUT2D eigenvalue weighted by molar-refractivity contribution is 0.609. The second-order valence-corrected chi connectivity index (χ2v) is 3.91. The van der Waals surface area contributed by atoms with Crippen molar-refractivity contribution in [1.82, 2.24) is 5.32 Å². The SMILES string of the molecule is CCCNCC1Cc2ccccc2N1. The molecule has 1 aliphatic heterocycles. The third-order valence-corrected chi connectivity index (χ3v) is 2.66. The van der Waals surface area contributed by atoms with E-state index < -0.39 is 0 Å². The van der Waals surface area contributed by atoms with E-state index >= 15 is 0 Å². The van der Waals surface area contributed by atoms with Crippen LogP contribution in [0.1, 0.15) is 18.9 Å². The van der Waals surface area contributed by atoms with Crippen molar-refractivity contribution >= 4 is 5.69 Å². The van der Waals surface area contributed by atoms with Crippen LogP contribution in [0.3, 0.4) is 0 Å². The van der Waals surface area contributed by atoms with Crippen molar-refractivity contribution in [1.29, 1.82) is 0 Å². The van der Waals surface area contributed by atoms with Gasteiger partial charge in [-0.05, 0) is 31.0 Å². The Morgan fingerprint density at radius 3 is 3.07 bits per heavy atom. The third kappa shape index (κ3) is 2.07. The topological polar surface area (TPSA) is 24.1 Å². The predicted molar refractivity (Wildman–Crippen MR) is 60.7 cm³/mol. The van der Waals surface area contributed by atoms with E-state index in [2.05, 4.69) is 41.8 Å². The molecule has 2 heteroatoms. The van der Waals surface area contributed by atoms with E-state index in [1.54, 1.807) is 0 Å². The Kier molecular flexibility index (Phi) is 3.04. The van der Waals surface area contributed by atoms with Gasteiger partial charge in [-0.3, -0.25) is 0 Å². The van der Waals surface area contributed by atoms with Gasteiger partial charge in [0.05, 0.1) is 0 Å². The molecule has 0 amide bonds. The van der Waals surface area contributed by atoms with E-state index in [-0.39, 0.29) is 0 Å². The monoisotopic (exact) mass is 190 g/mol. The minimum atomic E-state index is 0.582. The Balaban J connectivity index is 1.86. The summed E-state index contributed by atoms with van der Waals surface area (Å²) < 4.78 is 0. The second-order valence-electron chi connectivity index (χ2n) is 3.91. The van der Waals surface area contributed by atoms with E-state index in [9.17, 15) is 0 Å². The van der Waals surface area contributed by atoms with Crippen molar-refractivity contribution in [3.8, 4) is 0 Å². The van der Waals surface area contributed by atoms with Gasteiger partial charge in [0.25, 0.3) is 0 Å². The predicted octanol–water partition coefficient (Wildman–Crippen LogP) is 2.02. The van der Waals surface area contributed by atoms with Crippen molar-refractivity contribution in [3.05, 3.63) is 29.8 Å². The van der Waals surface area contributed by atoms with Crippen molar-refractivity contribution < 1.29 is 0 Å². The summed E-state index contributed by atoms with van der Waals surface area (Å²) in [4.78, 5) is 0. The molecule has 1 atom stereocenters. The van der Waals surface area contributed by atoms with Gasteiger partial charge in [0.2, 0.25) is 0 Å². The molecular formula is C12H18N2. The Morgan fingerprint density at radius 1 is 1.43 bits per heavy atom. The smallest absolute Gasteiger partial charge is 0.0427 e. The Labute approximate surface area is 85.7 Å². The fourth-order valence-electron chi connectivity index (χ4n) is 1.95. The van der Waals surface area contributed by atoms with Gasteiger partial charge in [0, 0.05) is 18.3 Å². The minimum Gasteiger partial charge on any atom is -0.380 e. The van der Waals surface area contributed by atoms with Crippen LogP contribution in [0.2, 0.25) is 0 Å². The Hall–Kier alpha value is -1.02. The fourth-order valence-corrected chi connectivity index (χ4v) is 1.95. The number of hydrogen-bond acceptors (Lipinski definition) is 2. The molecule has 1 aromatic carbocycles. The van der Waals surface area contributed by atoms with Gasteiger partial charge in [0.15, 0.2) is 0 Å². The van der Waals surface area contributed by atoms with Crippen molar-refractivity contribution in [2.45, 2.75) is 25.8 Å². The van der Waals surface area contributed by atoms with Crippen LogP contribution in [0.25, 0.3) is 0 Å². The average Bonchev–Trinajstić information content (AvgIpc) is 2.60. The highest BCUT2D eigenvalue weighted by Crippen LogP contribution is 2.24. The van der Waals surface area contributed by atoms with Crippen LogP contribution in [0.15, 0.2) is 24.3 Å². The standard InChI is InChI=1S/C12H18N2/c1-2-7-13-9-11-8-10-5-3-4-6-12(10)14-11/h3-6,11,13-14H,2,7-9H2,1H3. The van der Waals surface area contributed by atoms with Gasteiger partial charge in [0.1, 0.15) is 0 Å². The number of para-hydroxylation sites is 1. The molecule has 0 saturated carbocycles. The maximum Gasteiger partial charge on any atom is 0.0427 e. The van der Waals surface area contributed by atoms with Crippen molar-refractivity contribution in [2.24, 2.45) is 0 Å². The normalized spacial score (nSPS) is 19.1. The van der Waals surface area contributed by atoms with Crippen molar-refractivity contribution in [2.75, 3.05) is 18.4 Å². The van der Waals surface area contributed by atoms with E-state index in [1.165, 1.54) is 17.7 Å². The first-order chi connectivity index (χ1) is 6.90. The first-order valence-electron chi connectivity index (χ1n) is 5.45. The lowest BCUT2D eigenvalue weighted by Gasteiger charge is -2.11. The number of benzene rings is 1. The molecule has 0 bridgehead atoms. The van der Waals surface area contributed by atoms with Gasteiger partial charge >= 0.3 is 0 Å². The van der Waals surface area contributed by atoms with Crippen LogP contribution in [-0.4, -0.2) is 19.1 Å². The lowest BCUT2D eigenvalue weighted by atomic mass is 10.1. The van der Waals surface area contributed by atoms with Crippen LogP contribution < -0.4 is 10.6 Å². The van der Waals surface area contributed by atoms with Crippen LogP contribution in [-0.2, 0) is 6.42 Å². The van der Waals surface area contributed by atoms with Crippen LogP contribution in [0.4, 0.5) is 5.69 Å². The molecule has 1 unspecified atom stereocenters. The minimum absolute atomic E-state index is 0.582. The summed E-state index contributed by atoms with van der Waals surface area (Å²) in [5, 5.41) is 6.98. The molecule has 14 heavy (non-hydrogen) atoms. The van der Waals surface area contributed by atoms with Crippen LogP contribution in [0, 0.1) is 0 Å². The van der Waals surface area contributed by atoms with Gasteiger partial charge < -0.3 is 10.6 Å². The number of nitrogens with one attached hydrogen (secondary N) is 2. The Morgan fingerprint density at radius 2 is 2.29 bits per heavy atom. The zero-order valence-corrected chi connectivity index (χ0v) is 8.72. The molecule has 0 radical (unpaired) electrons. The summed E-state index contributed by atoms with van der Waals surface area (Å²) in [6, 6.07) is 9.16. The van der Waals surface area contributed by atoms with E-state index in [0.29, 0.717) is 6.04 Å². The quantitative estimate of drug-likeness (QED) is 0.710. The Bertz CT molecular complexity index is 271. The molecule has 0 fully saturated rings. The number of rotatable bonds is 4. The van der Waals surface area contributed by atoms with Crippen LogP contribution >= 0.6 is 0 Å².